The molecule has 94 valence electrons. The van der Waals surface area contributed by atoms with Crippen molar-refractivity contribution >= 4 is 22.6 Å². The zero-order valence-electron chi connectivity index (χ0n) is 10.1. The first-order valence-corrected chi connectivity index (χ1v) is 7.25. The molecule has 0 saturated carbocycles. The summed E-state index contributed by atoms with van der Waals surface area (Å²) in [5.74, 6) is 0.620. The van der Waals surface area contributed by atoms with E-state index in [1.54, 1.807) is 0 Å². The Morgan fingerprint density at radius 1 is 1.28 bits per heavy atom. The summed E-state index contributed by atoms with van der Waals surface area (Å²) in [4.78, 5) is 0. The normalized spacial score (nSPS) is 19.3. The van der Waals surface area contributed by atoms with Gasteiger partial charge in [-0.2, -0.15) is 5.10 Å². The van der Waals surface area contributed by atoms with E-state index in [0.717, 1.165) is 26.2 Å². The lowest BCUT2D eigenvalue weighted by atomic mass is 10.1. The second-order valence-electron chi connectivity index (χ2n) is 4.69. The van der Waals surface area contributed by atoms with Crippen LogP contribution in [-0.2, 0) is 11.3 Å². The van der Waals surface area contributed by atoms with Gasteiger partial charge >= 0.3 is 0 Å². The molecule has 1 aromatic carbocycles. The minimum absolute atomic E-state index is 0.620. The van der Waals surface area contributed by atoms with Crippen molar-refractivity contribution in [2.24, 2.45) is 5.92 Å². The predicted octanol–water partition coefficient (Wildman–Crippen LogP) is 3.19. The van der Waals surface area contributed by atoms with E-state index in [2.05, 4.69) is 58.2 Å². The van der Waals surface area contributed by atoms with Gasteiger partial charge in [-0.15, -0.1) is 0 Å². The first-order valence-electron chi connectivity index (χ1n) is 6.17. The molecule has 0 bridgehead atoms. The summed E-state index contributed by atoms with van der Waals surface area (Å²) in [6, 6.07) is 8.53. The summed E-state index contributed by atoms with van der Waals surface area (Å²) in [5.41, 5.74) is 2.41. The zero-order chi connectivity index (χ0) is 12.4. The lowest BCUT2D eigenvalue weighted by Gasteiger charge is -2.06. The van der Waals surface area contributed by atoms with Crippen LogP contribution in [0.5, 0.6) is 0 Å². The highest BCUT2D eigenvalue weighted by Gasteiger charge is 2.16. The molecule has 3 nitrogen and oxygen atoms in total. The molecule has 4 heteroatoms. The highest BCUT2D eigenvalue weighted by molar-refractivity contribution is 14.1. The van der Waals surface area contributed by atoms with Crippen molar-refractivity contribution < 1.29 is 4.74 Å². The maximum atomic E-state index is 5.39. The maximum Gasteiger partial charge on any atom is 0.0568 e. The first-order chi connectivity index (χ1) is 8.81. The Labute approximate surface area is 120 Å². The van der Waals surface area contributed by atoms with Crippen LogP contribution >= 0.6 is 22.6 Å². The summed E-state index contributed by atoms with van der Waals surface area (Å²) < 4.78 is 8.68. The Morgan fingerprint density at radius 3 is 2.83 bits per heavy atom. The van der Waals surface area contributed by atoms with Gasteiger partial charge in [0, 0.05) is 34.4 Å². The molecule has 0 aliphatic carbocycles. The van der Waals surface area contributed by atoms with Crippen LogP contribution in [-0.4, -0.2) is 23.0 Å². The largest absolute Gasteiger partial charge is 0.381 e. The van der Waals surface area contributed by atoms with Crippen LogP contribution in [0.25, 0.3) is 11.1 Å². The highest BCUT2D eigenvalue weighted by atomic mass is 127. The third-order valence-electron chi connectivity index (χ3n) is 3.28. The van der Waals surface area contributed by atoms with Crippen molar-refractivity contribution in [2.45, 2.75) is 13.0 Å². The molecule has 0 amide bonds. The van der Waals surface area contributed by atoms with Gasteiger partial charge in [-0.25, -0.2) is 0 Å². The molecular formula is C14H15IN2O. The highest BCUT2D eigenvalue weighted by Crippen LogP contribution is 2.21. The van der Waals surface area contributed by atoms with Gasteiger partial charge in [-0.3, -0.25) is 4.68 Å². The topological polar surface area (TPSA) is 27.1 Å². The van der Waals surface area contributed by atoms with Gasteiger partial charge in [0.15, 0.2) is 0 Å². The van der Waals surface area contributed by atoms with Crippen molar-refractivity contribution in [3.05, 3.63) is 40.2 Å². The molecule has 1 saturated heterocycles. The number of halogens is 1. The van der Waals surface area contributed by atoms with Crippen molar-refractivity contribution in [3.8, 4) is 11.1 Å². The maximum absolute atomic E-state index is 5.39. The lowest BCUT2D eigenvalue weighted by Crippen LogP contribution is -2.10. The van der Waals surface area contributed by atoms with Gasteiger partial charge in [0.25, 0.3) is 0 Å². The Kier molecular flexibility index (Phi) is 3.65. The second-order valence-corrected chi connectivity index (χ2v) is 5.93. The summed E-state index contributed by atoms with van der Waals surface area (Å²) in [6.45, 7) is 2.74. The number of hydrogen-bond donors (Lipinski definition) is 0. The fraction of sp³-hybridized carbons (Fsp3) is 0.357. The Morgan fingerprint density at radius 2 is 2.11 bits per heavy atom. The molecule has 18 heavy (non-hydrogen) atoms. The van der Waals surface area contributed by atoms with Crippen LogP contribution in [0.3, 0.4) is 0 Å². The Hall–Kier alpha value is -0.880. The van der Waals surface area contributed by atoms with E-state index in [9.17, 15) is 0 Å². The molecule has 1 aliphatic rings. The third kappa shape index (κ3) is 2.75. The van der Waals surface area contributed by atoms with Crippen LogP contribution in [0, 0.1) is 9.49 Å². The monoisotopic (exact) mass is 354 g/mol. The van der Waals surface area contributed by atoms with Gasteiger partial charge in [0.05, 0.1) is 12.8 Å². The summed E-state index contributed by atoms with van der Waals surface area (Å²) in [7, 11) is 0. The molecule has 0 spiro atoms. The van der Waals surface area contributed by atoms with Gasteiger partial charge in [-0.1, -0.05) is 12.1 Å². The number of nitrogens with zero attached hydrogens (tertiary/aromatic N) is 2. The van der Waals surface area contributed by atoms with Crippen molar-refractivity contribution in [1.29, 1.82) is 0 Å². The van der Waals surface area contributed by atoms with Gasteiger partial charge in [0.1, 0.15) is 0 Å². The minimum Gasteiger partial charge on any atom is -0.381 e. The number of benzene rings is 1. The third-order valence-corrected chi connectivity index (χ3v) is 4.00. The van der Waals surface area contributed by atoms with Gasteiger partial charge < -0.3 is 4.74 Å². The Bertz CT molecular complexity index is 515. The molecule has 1 aromatic heterocycles. The molecule has 0 N–H and O–H groups in total. The first kappa shape index (κ1) is 12.2. The molecular weight excluding hydrogens is 339 g/mol. The van der Waals surface area contributed by atoms with Crippen molar-refractivity contribution in [2.75, 3.05) is 13.2 Å². The lowest BCUT2D eigenvalue weighted by molar-refractivity contribution is 0.181. The number of ether oxygens (including phenoxy) is 1. The van der Waals surface area contributed by atoms with E-state index in [4.69, 9.17) is 4.74 Å². The quantitative estimate of drug-likeness (QED) is 0.792. The second kappa shape index (κ2) is 5.40. The average molecular weight is 354 g/mol. The van der Waals surface area contributed by atoms with E-state index in [1.807, 2.05) is 10.9 Å². The van der Waals surface area contributed by atoms with E-state index in [-0.39, 0.29) is 0 Å². The van der Waals surface area contributed by atoms with Crippen LogP contribution < -0.4 is 0 Å². The molecule has 1 unspecified atom stereocenters. The van der Waals surface area contributed by atoms with Crippen LogP contribution in [0.15, 0.2) is 36.7 Å². The van der Waals surface area contributed by atoms with Crippen LogP contribution in [0.2, 0.25) is 0 Å². The fourth-order valence-electron chi connectivity index (χ4n) is 2.25. The molecule has 2 aromatic rings. The summed E-state index contributed by atoms with van der Waals surface area (Å²) >= 11 is 2.32. The van der Waals surface area contributed by atoms with Crippen LogP contribution in [0.1, 0.15) is 6.42 Å². The van der Waals surface area contributed by atoms with Crippen molar-refractivity contribution in [1.82, 2.24) is 9.78 Å². The fourth-order valence-corrected chi connectivity index (χ4v) is 2.61. The Balaban J connectivity index is 1.74. The average Bonchev–Trinajstić information content (AvgIpc) is 3.02. The molecule has 2 heterocycles. The van der Waals surface area contributed by atoms with E-state index < -0.39 is 0 Å². The van der Waals surface area contributed by atoms with E-state index in [0.29, 0.717) is 5.92 Å². The van der Waals surface area contributed by atoms with Crippen LogP contribution in [0.4, 0.5) is 0 Å². The van der Waals surface area contributed by atoms with Gasteiger partial charge in [-0.05, 0) is 46.7 Å². The molecule has 1 fully saturated rings. The SMILES string of the molecule is Ic1ccc(-c2cnn(CC3CCOC3)c2)cc1. The summed E-state index contributed by atoms with van der Waals surface area (Å²) in [5, 5.41) is 4.44. The smallest absolute Gasteiger partial charge is 0.0568 e. The zero-order valence-corrected chi connectivity index (χ0v) is 12.2. The number of rotatable bonds is 3. The number of hydrogen-bond acceptors (Lipinski definition) is 2. The van der Waals surface area contributed by atoms with E-state index in [1.165, 1.54) is 14.7 Å². The van der Waals surface area contributed by atoms with Crippen molar-refractivity contribution in [3.63, 3.8) is 0 Å². The number of aromatic nitrogens is 2. The standard InChI is InChI=1S/C14H15IN2O/c15-14-3-1-12(2-4-14)13-7-16-17(9-13)8-11-5-6-18-10-11/h1-4,7,9,11H,5-6,8,10H2. The molecule has 1 atom stereocenters. The van der Waals surface area contributed by atoms with E-state index >= 15 is 0 Å². The predicted molar refractivity (Wildman–Crippen MR) is 79.3 cm³/mol. The minimum atomic E-state index is 0.620. The molecule has 1 aliphatic heterocycles. The summed E-state index contributed by atoms with van der Waals surface area (Å²) in [6.07, 6.45) is 5.22. The van der Waals surface area contributed by atoms with Gasteiger partial charge in [0.2, 0.25) is 0 Å². The molecule has 0 radical (unpaired) electrons. The molecule has 3 rings (SSSR count).